The monoisotopic (exact) mass is 395 g/mol. The van der Waals surface area contributed by atoms with Crippen LogP contribution in [0.3, 0.4) is 0 Å². The molecule has 0 saturated carbocycles. The van der Waals surface area contributed by atoms with Crippen molar-refractivity contribution >= 4 is 59.6 Å². The number of anilines is 1. The molecule has 0 aliphatic rings. The van der Waals surface area contributed by atoms with E-state index in [1.165, 1.54) is 6.20 Å². The molecule has 0 aliphatic carbocycles. The van der Waals surface area contributed by atoms with Gasteiger partial charge in [0.25, 0.3) is 10.0 Å². The van der Waals surface area contributed by atoms with Gasteiger partial charge in [-0.1, -0.05) is 23.6 Å². The summed E-state index contributed by atoms with van der Waals surface area (Å²) in [7, 11) is -3.88. The maximum Gasteiger partial charge on any atom is 0.263 e. The molecule has 0 atom stereocenters. The van der Waals surface area contributed by atoms with E-state index in [0.29, 0.717) is 3.79 Å². The number of nitrogens with one attached hydrogen (secondary N) is 1. The molecule has 2 rings (SSSR count). The minimum atomic E-state index is -3.88. The summed E-state index contributed by atoms with van der Waals surface area (Å²) >= 11 is 8.96. The predicted molar refractivity (Wildman–Crippen MR) is 82.9 cm³/mol. The first-order valence-electron chi connectivity index (χ1n) is 5.03. The van der Waals surface area contributed by atoms with Gasteiger partial charge in [-0.3, -0.25) is 4.72 Å². The van der Waals surface area contributed by atoms with E-state index in [2.05, 4.69) is 37.9 Å². The van der Waals surface area contributed by atoms with Gasteiger partial charge < -0.3 is 5.73 Å². The van der Waals surface area contributed by atoms with E-state index in [-0.39, 0.29) is 20.6 Å². The zero-order chi connectivity index (χ0) is 14.9. The SMILES string of the molecule is NC(=S)c1cc(S(=O)(=O)Nc2ncc(Br)s2)ccc1F. The zero-order valence-corrected chi connectivity index (χ0v) is 13.7. The van der Waals surface area contributed by atoms with Gasteiger partial charge in [0.1, 0.15) is 10.8 Å². The van der Waals surface area contributed by atoms with Crippen molar-refractivity contribution in [3.05, 3.63) is 39.6 Å². The molecule has 0 amide bonds. The number of nitrogens with zero attached hydrogens (tertiary/aromatic N) is 1. The summed E-state index contributed by atoms with van der Waals surface area (Å²) in [6, 6.07) is 3.21. The molecule has 5 nitrogen and oxygen atoms in total. The summed E-state index contributed by atoms with van der Waals surface area (Å²) < 4.78 is 40.7. The van der Waals surface area contributed by atoms with Crippen LogP contribution in [-0.4, -0.2) is 18.4 Å². The molecular weight excluding hydrogens is 389 g/mol. The summed E-state index contributed by atoms with van der Waals surface area (Å²) in [6.45, 7) is 0. The quantitative estimate of drug-likeness (QED) is 0.776. The smallest absolute Gasteiger partial charge is 0.263 e. The molecule has 0 bridgehead atoms. The Morgan fingerprint density at radius 2 is 2.20 bits per heavy atom. The van der Waals surface area contributed by atoms with Gasteiger partial charge in [0.2, 0.25) is 0 Å². The lowest BCUT2D eigenvalue weighted by Gasteiger charge is -2.07. The highest BCUT2D eigenvalue weighted by molar-refractivity contribution is 9.11. The maximum absolute atomic E-state index is 13.4. The van der Waals surface area contributed by atoms with E-state index in [1.54, 1.807) is 0 Å². The van der Waals surface area contributed by atoms with Crippen LogP contribution in [-0.2, 0) is 10.0 Å². The van der Waals surface area contributed by atoms with Gasteiger partial charge in [-0.05, 0) is 34.1 Å². The van der Waals surface area contributed by atoms with E-state index in [9.17, 15) is 12.8 Å². The molecule has 0 fully saturated rings. The summed E-state index contributed by atoms with van der Waals surface area (Å²) in [6.07, 6.45) is 1.47. The van der Waals surface area contributed by atoms with Gasteiger partial charge >= 0.3 is 0 Å². The number of thiocarbonyl (C=S) groups is 1. The Hall–Kier alpha value is -1.10. The molecule has 0 radical (unpaired) electrons. The number of benzene rings is 1. The van der Waals surface area contributed by atoms with E-state index >= 15 is 0 Å². The van der Waals surface area contributed by atoms with Crippen LogP contribution < -0.4 is 10.5 Å². The van der Waals surface area contributed by atoms with Gasteiger partial charge in [0, 0.05) is 5.56 Å². The Morgan fingerprint density at radius 3 is 2.75 bits per heavy atom. The number of hydrogen-bond acceptors (Lipinski definition) is 5. The first-order valence-corrected chi connectivity index (χ1v) is 8.53. The lowest BCUT2D eigenvalue weighted by Crippen LogP contribution is -2.16. The molecule has 106 valence electrons. The van der Waals surface area contributed by atoms with E-state index in [4.69, 9.17) is 5.73 Å². The van der Waals surface area contributed by atoms with Crippen molar-refractivity contribution in [3.8, 4) is 0 Å². The average Bonchev–Trinajstić information content (AvgIpc) is 2.73. The molecule has 1 aromatic heterocycles. The molecule has 0 spiro atoms. The lowest BCUT2D eigenvalue weighted by atomic mass is 10.2. The van der Waals surface area contributed by atoms with Crippen molar-refractivity contribution in [1.29, 1.82) is 0 Å². The van der Waals surface area contributed by atoms with Crippen molar-refractivity contribution in [2.24, 2.45) is 5.73 Å². The zero-order valence-electron chi connectivity index (χ0n) is 9.63. The fourth-order valence-corrected chi connectivity index (χ4v) is 3.87. The fraction of sp³-hybridized carbons (Fsp3) is 0. The number of hydrogen-bond donors (Lipinski definition) is 2. The van der Waals surface area contributed by atoms with Crippen LogP contribution in [0.4, 0.5) is 9.52 Å². The minimum Gasteiger partial charge on any atom is -0.389 e. The third-order valence-corrected chi connectivity index (χ3v) is 5.29. The Bertz CT molecular complexity index is 776. The van der Waals surface area contributed by atoms with E-state index < -0.39 is 15.8 Å². The van der Waals surface area contributed by atoms with Crippen LogP contribution in [0.15, 0.2) is 33.1 Å². The van der Waals surface area contributed by atoms with Crippen molar-refractivity contribution in [3.63, 3.8) is 0 Å². The van der Waals surface area contributed by atoms with E-state index in [0.717, 1.165) is 29.5 Å². The number of sulfonamides is 1. The highest BCUT2D eigenvalue weighted by atomic mass is 79.9. The summed E-state index contributed by atoms with van der Waals surface area (Å²) in [5.74, 6) is -0.673. The van der Waals surface area contributed by atoms with Crippen LogP contribution in [0.1, 0.15) is 5.56 Å². The largest absolute Gasteiger partial charge is 0.389 e. The van der Waals surface area contributed by atoms with Crippen molar-refractivity contribution < 1.29 is 12.8 Å². The topological polar surface area (TPSA) is 85.1 Å². The van der Waals surface area contributed by atoms with Crippen LogP contribution >= 0.6 is 39.5 Å². The number of halogens is 2. The molecule has 1 aromatic carbocycles. The molecular formula is C10H7BrFN3O2S3. The fourth-order valence-electron chi connectivity index (χ4n) is 1.34. The molecule has 10 heteroatoms. The second kappa shape index (κ2) is 5.72. The standard InChI is InChI=1S/C10H7BrFN3O2S3/c11-8-4-14-10(19-8)15-20(16,17)5-1-2-7(12)6(3-5)9(13)18/h1-4H,(H2,13,18)(H,14,15). The van der Waals surface area contributed by atoms with Gasteiger partial charge in [0.05, 0.1) is 14.9 Å². The molecule has 0 aliphatic heterocycles. The van der Waals surface area contributed by atoms with Crippen LogP contribution in [0.2, 0.25) is 0 Å². The summed E-state index contributed by atoms with van der Waals surface area (Å²) in [5, 5.41) is 0.193. The Balaban J connectivity index is 2.39. The first-order chi connectivity index (χ1) is 9.29. The van der Waals surface area contributed by atoms with Gasteiger partial charge in [0.15, 0.2) is 5.13 Å². The normalized spacial score (nSPS) is 11.3. The average molecular weight is 396 g/mol. The van der Waals surface area contributed by atoms with Crippen LogP contribution in [0.25, 0.3) is 0 Å². The van der Waals surface area contributed by atoms with Crippen LogP contribution in [0, 0.1) is 5.82 Å². The Kier molecular flexibility index (Phi) is 4.37. The highest BCUT2D eigenvalue weighted by Crippen LogP contribution is 2.26. The molecule has 0 unspecified atom stereocenters. The minimum absolute atomic E-state index is 0.122. The number of rotatable bonds is 4. The maximum atomic E-state index is 13.4. The van der Waals surface area contributed by atoms with Gasteiger partial charge in [-0.25, -0.2) is 17.8 Å². The molecule has 3 N–H and O–H groups in total. The number of nitrogens with two attached hydrogens (primary N) is 1. The van der Waals surface area contributed by atoms with Gasteiger partial charge in [-0.2, -0.15) is 0 Å². The molecule has 20 heavy (non-hydrogen) atoms. The number of aromatic nitrogens is 1. The van der Waals surface area contributed by atoms with Gasteiger partial charge in [-0.15, -0.1) is 0 Å². The third-order valence-electron chi connectivity index (χ3n) is 2.21. The van der Waals surface area contributed by atoms with E-state index in [1.807, 2.05) is 0 Å². The Labute approximate surface area is 132 Å². The highest BCUT2D eigenvalue weighted by Gasteiger charge is 2.18. The van der Waals surface area contributed by atoms with Crippen molar-refractivity contribution in [2.75, 3.05) is 4.72 Å². The van der Waals surface area contributed by atoms with Crippen molar-refractivity contribution in [1.82, 2.24) is 4.98 Å². The first kappa shape index (κ1) is 15.3. The Morgan fingerprint density at radius 1 is 1.50 bits per heavy atom. The third kappa shape index (κ3) is 3.32. The summed E-state index contributed by atoms with van der Waals surface area (Å²) in [5.41, 5.74) is 5.22. The summed E-state index contributed by atoms with van der Waals surface area (Å²) in [4.78, 5) is 3.50. The number of thiazole rings is 1. The van der Waals surface area contributed by atoms with Crippen LogP contribution in [0.5, 0.6) is 0 Å². The van der Waals surface area contributed by atoms with Crippen molar-refractivity contribution in [2.45, 2.75) is 4.90 Å². The molecule has 2 aromatic rings. The molecule has 0 saturated heterocycles. The second-order valence-corrected chi connectivity index (χ2v) is 8.11. The second-order valence-electron chi connectivity index (χ2n) is 3.58. The lowest BCUT2D eigenvalue weighted by molar-refractivity contribution is 0.599. The molecule has 1 heterocycles. The predicted octanol–water partition coefficient (Wildman–Crippen LogP) is 2.48.